The van der Waals surface area contributed by atoms with E-state index < -0.39 is 11.5 Å². The average molecular weight is 256 g/mol. The van der Waals surface area contributed by atoms with Gasteiger partial charge in [0.1, 0.15) is 12.3 Å². The number of hydrogen-bond acceptors (Lipinski definition) is 4. The summed E-state index contributed by atoms with van der Waals surface area (Å²) in [6, 6.07) is 11.9. The minimum absolute atomic E-state index is 0.0213. The molecule has 0 unspecified atom stereocenters. The second-order valence-electron chi connectivity index (χ2n) is 5.03. The highest BCUT2D eigenvalue weighted by molar-refractivity contribution is 6.37. The lowest BCUT2D eigenvalue weighted by Gasteiger charge is -2.28. The predicted molar refractivity (Wildman–Crippen MR) is 71.7 cm³/mol. The summed E-state index contributed by atoms with van der Waals surface area (Å²) in [7, 11) is 0. The van der Waals surface area contributed by atoms with Crippen molar-refractivity contribution in [3.8, 4) is 6.07 Å². The molecule has 1 aliphatic heterocycles. The lowest BCUT2D eigenvalue weighted by atomic mass is 9.91. The molecule has 0 radical (unpaired) electrons. The fourth-order valence-electron chi connectivity index (χ4n) is 2.05. The van der Waals surface area contributed by atoms with Gasteiger partial charge in [0, 0.05) is 12.3 Å². The van der Waals surface area contributed by atoms with E-state index in [0.717, 1.165) is 5.56 Å². The molecule has 0 aromatic heterocycles. The van der Waals surface area contributed by atoms with Crippen molar-refractivity contribution < 1.29 is 9.53 Å². The second kappa shape index (κ2) is 5.23. The largest absolute Gasteiger partial charge is 0.457 e. The number of carbonyl (C=O) groups is 1. The first-order valence-electron chi connectivity index (χ1n) is 6.28. The second-order valence-corrected chi connectivity index (χ2v) is 5.03. The van der Waals surface area contributed by atoms with Crippen molar-refractivity contribution in [2.45, 2.75) is 25.8 Å². The summed E-state index contributed by atoms with van der Waals surface area (Å²) in [5.74, 6) is -0.453. The van der Waals surface area contributed by atoms with Gasteiger partial charge in [0.25, 0.3) is 0 Å². The molecule has 0 N–H and O–H groups in total. The number of rotatable bonds is 3. The molecule has 1 heterocycles. The number of esters is 1. The van der Waals surface area contributed by atoms with E-state index in [2.05, 4.69) is 11.1 Å². The molecule has 1 aromatic carbocycles. The Morgan fingerprint density at radius 3 is 2.68 bits per heavy atom. The quantitative estimate of drug-likeness (QED) is 0.778. The van der Waals surface area contributed by atoms with Gasteiger partial charge in [0.2, 0.25) is 0 Å². The number of ether oxygens (including phenoxy) is 1. The van der Waals surface area contributed by atoms with E-state index in [1.165, 1.54) is 0 Å². The Morgan fingerprint density at radius 2 is 2.11 bits per heavy atom. The number of aliphatic imine (C=N–C) groups is 1. The predicted octanol–water partition coefficient (Wildman–Crippen LogP) is 2.15. The lowest BCUT2D eigenvalue weighted by Crippen LogP contribution is -2.43. The maximum atomic E-state index is 11.6. The SMILES string of the molecule is CC(C)C1=N[C@](C#N)(Cc2ccccc2)COC1=O. The van der Waals surface area contributed by atoms with Gasteiger partial charge in [0.15, 0.2) is 5.54 Å². The summed E-state index contributed by atoms with van der Waals surface area (Å²) in [6.07, 6.45) is 0.452. The van der Waals surface area contributed by atoms with Crippen LogP contribution in [0.2, 0.25) is 0 Å². The van der Waals surface area contributed by atoms with Gasteiger partial charge in [-0.25, -0.2) is 4.79 Å². The van der Waals surface area contributed by atoms with Gasteiger partial charge in [-0.3, -0.25) is 4.99 Å². The number of carbonyl (C=O) groups excluding carboxylic acids is 1. The van der Waals surface area contributed by atoms with Crippen molar-refractivity contribution >= 4 is 11.7 Å². The summed E-state index contributed by atoms with van der Waals surface area (Å²) in [6.45, 7) is 3.76. The number of nitriles is 1. The fourth-order valence-corrected chi connectivity index (χ4v) is 2.05. The van der Waals surface area contributed by atoms with Crippen LogP contribution in [0.25, 0.3) is 0 Å². The number of benzene rings is 1. The highest BCUT2D eigenvalue weighted by Crippen LogP contribution is 2.23. The highest BCUT2D eigenvalue weighted by Gasteiger charge is 2.38. The molecule has 1 atom stereocenters. The van der Waals surface area contributed by atoms with Crippen LogP contribution in [-0.4, -0.2) is 23.8 Å². The number of hydrogen-bond donors (Lipinski definition) is 0. The normalized spacial score (nSPS) is 22.6. The first-order chi connectivity index (χ1) is 9.06. The fraction of sp³-hybridized carbons (Fsp3) is 0.400. The Kier molecular flexibility index (Phi) is 3.66. The van der Waals surface area contributed by atoms with Crippen LogP contribution in [0, 0.1) is 17.2 Å². The molecule has 0 amide bonds. The molecular weight excluding hydrogens is 240 g/mol. The molecule has 98 valence electrons. The average Bonchev–Trinajstić information content (AvgIpc) is 2.42. The Morgan fingerprint density at radius 1 is 1.42 bits per heavy atom. The number of nitrogens with zero attached hydrogens (tertiary/aromatic N) is 2. The van der Waals surface area contributed by atoms with Crippen LogP contribution in [0.3, 0.4) is 0 Å². The molecule has 0 aliphatic carbocycles. The lowest BCUT2D eigenvalue weighted by molar-refractivity contribution is -0.138. The monoisotopic (exact) mass is 256 g/mol. The zero-order valence-corrected chi connectivity index (χ0v) is 11.1. The molecule has 1 aromatic rings. The summed E-state index contributed by atoms with van der Waals surface area (Å²) >= 11 is 0. The van der Waals surface area contributed by atoms with Gasteiger partial charge >= 0.3 is 5.97 Å². The van der Waals surface area contributed by atoms with E-state index in [-0.39, 0.29) is 12.5 Å². The summed E-state index contributed by atoms with van der Waals surface area (Å²) in [5.41, 5.74) is 0.368. The molecule has 0 bridgehead atoms. The minimum atomic E-state index is -0.991. The van der Waals surface area contributed by atoms with Crippen molar-refractivity contribution in [2.24, 2.45) is 10.9 Å². The Balaban J connectivity index is 2.34. The summed E-state index contributed by atoms with van der Waals surface area (Å²) < 4.78 is 5.14. The topological polar surface area (TPSA) is 62.4 Å². The van der Waals surface area contributed by atoms with E-state index in [0.29, 0.717) is 12.1 Å². The van der Waals surface area contributed by atoms with Gasteiger partial charge in [-0.15, -0.1) is 0 Å². The molecule has 0 saturated heterocycles. The van der Waals surface area contributed by atoms with Crippen LogP contribution in [0.1, 0.15) is 19.4 Å². The Hall–Kier alpha value is -2.15. The maximum Gasteiger partial charge on any atom is 0.352 e. The third kappa shape index (κ3) is 2.82. The van der Waals surface area contributed by atoms with Crippen molar-refractivity contribution in [1.82, 2.24) is 0 Å². The molecule has 0 spiro atoms. The zero-order chi connectivity index (χ0) is 13.9. The van der Waals surface area contributed by atoms with Crippen molar-refractivity contribution in [2.75, 3.05) is 6.61 Å². The third-order valence-electron chi connectivity index (χ3n) is 3.08. The number of cyclic esters (lactones) is 1. The smallest absolute Gasteiger partial charge is 0.352 e. The van der Waals surface area contributed by atoms with E-state index >= 15 is 0 Å². The molecule has 4 nitrogen and oxygen atoms in total. The van der Waals surface area contributed by atoms with Crippen LogP contribution in [0.15, 0.2) is 35.3 Å². The van der Waals surface area contributed by atoms with Crippen molar-refractivity contribution in [3.05, 3.63) is 35.9 Å². The van der Waals surface area contributed by atoms with E-state index in [1.807, 2.05) is 44.2 Å². The van der Waals surface area contributed by atoms with Gasteiger partial charge in [-0.1, -0.05) is 44.2 Å². The van der Waals surface area contributed by atoms with Crippen LogP contribution < -0.4 is 0 Å². The van der Waals surface area contributed by atoms with Gasteiger partial charge < -0.3 is 4.74 Å². The molecule has 0 fully saturated rings. The van der Waals surface area contributed by atoms with E-state index in [1.54, 1.807) is 0 Å². The van der Waals surface area contributed by atoms with Crippen LogP contribution in [-0.2, 0) is 16.0 Å². The molecule has 1 aliphatic rings. The van der Waals surface area contributed by atoms with Crippen LogP contribution in [0.5, 0.6) is 0 Å². The molecular formula is C15H16N2O2. The van der Waals surface area contributed by atoms with E-state index in [9.17, 15) is 10.1 Å². The van der Waals surface area contributed by atoms with Crippen molar-refractivity contribution in [3.63, 3.8) is 0 Å². The molecule has 0 saturated carbocycles. The van der Waals surface area contributed by atoms with Gasteiger partial charge in [0.05, 0.1) is 6.07 Å². The molecule has 4 heteroatoms. The van der Waals surface area contributed by atoms with Gasteiger partial charge in [-0.2, -0.15) is 5.26 Å². The van der Waals surface area contributed by atoms with Crippen LogP contribution >= 0.6 is 0 Å². The standard InChI is InChI=1S/C15H16N2O2/c1-11(2)13-14(18)19-10-15(9-16,17-13)8-12-6-4-3-5-7-12/h3-7,11H,8,10H2,1-2H3/t15-/m0/s1. The van der Waals surface area contributed by atoms with Crippen LogP contribution in [0.4, 0.5) is 0 Å². The maximum absolute atomic E-state index is 11.6. The van der Waals surface area contributed by atoms with Gasteiger partial charge in [-0.05, 0) is 5.56 Å². The summed E-state index contributed by atoms with van der Waals surface area (Å²) in [5, 5.41) is 9.44. The minimum Gasteiger partial charge on any atom is -0.457 e. The van der Waals surface area contributed by atoms with Crippen molar-refractivity contribution in [1.29, 1.82) is 5.26 Å². The molecule has 2 rings (SSSR count). The zero-order valence-electron chi connectivity index (χ0n) is 11.1. The van der Waals surface area contributed by atoms with E-state index in [4.69, 9.17) is 4.74 Å². The highest BCUT2D eigenvalue weighted by atomic mass is 16.5. The Bertz CT molecular complexity index is 543. The first-order valence-corrected chi connectivity index (χ1v) is 6.28. The summed E-state index contributed by atoms with van der Waals surface area (Å²) in [4.78, 5) is 16.0. The Labute approximate surface area is 112 Å². The third-order valence-corrected chi connectivity index (χ3v) is 3.08. The first kappa shape index (κ1) is 13.3. The molecule has 19 heavy (non-hydrogen) atoms.